The Bertz CT molecular complexity index is 1150. The highest BCUT2D eigenvalue weighted by atomic mass is 16.5. The van der Waals surface area contributed by atoms with E-state index in [1.165, 1.54) is 16.7 Å². The van der Waals surface area contributed by atoms with Gasteiger partial charge in [-0.25, -0.2) is 19.1 Å². The van der Waals surface area contributed by atoms with Crippen molar-refractivity contribution < 1.29 is 19.1 Å². The summed E-state index contributed by atoms with van der Waals surface area (Å²) in [5.41, 5.74) is 1.21. The molecule has 0 unspecified atom stereocenters. The molecule has 3 aromatic rings. The van der Waals surface area contributed by atoms with Crippen molar-refractivity contribution in [1.82, 2.24) is 14.3 Å². The SMILES string of the molecule is COC(=O)c1cccc(Cn2nc3n(c2=O)C(=O)N(c2ccc(OC)cc2)C3)c1. The van der Waals surface area contributed by atoms with Crippen molar-refractivity contribution in [3.8, 4) is 5.75 Å². The summed E-state index contributed by atoms with van der Waals surface area (Å²) in [5.74, 6) is 0.575. The molecule has 1 aliphatic heterocycles. The summed E-state index contributed by atoms with van der Waals surface area (Å²) >= 11 is 0. The van der Waals surface area contributed by atoms with Gasteiger partial charge in [0.2, 0.25) is 0 Å². The zero-order chi connectivity index (χ0) is 20.5. The van der Waals surface area contributed by atoms with E-state index in [1.54, 1.807) is 55.6 Å². The van der Waals surface area contributed by atoms with Gasteiger partial charge in [-0.15, -0.1) is 0 Å². The number of amides is 1. The number of hydrogen-bond acceptors (Lipinski definition) is 6. The van der Waals surface area contributed by atoms with Crippen molar-refractivity contribution in [3.63, 3.8) is 0 Å². The maximum atomic E-state index is 12.8. The number of esters is 1. The first kappa shape index (κ1) is 18.5. The number of benzene rings is 2. The van der Waals surface area contributed by atoms with E-state index in [9.17, 15) is 14.4 Å². The predicted octanol–water partition coefficient (Wildman–Crippen LogP) is 1.88. The highest BCUT2D eigenvalue weighted by molar-refractivity contribution is 5.96. The molecule has 0 aliphatic carbocycles. The fourth-order valence-electron chi connectivity index (χ4n) is 3.23. The summed E-state index contributed by atoms with van der Waals surface area (Å²) in [6, 6.07) is 13.3. The van der Waals surface area contributed by atoms with E-state index in [0.717, 1.165) is 4.57 Å². The van der Waals surface area contributed by atoms with Crippen molar-refractivity contribution in [1.29, 1.82) is 0 Å². The lowest BCUT2D eigenvalue weighted by atomic mass is 10.1. The van der Waals surface area contributed by atoms with Gasteiger partial charge in [-0.3, -0.25) is 4.90 Å². The van der Waals surface area contributed by atoms with Gasteiger partial charge in [-0.1, -0.05) is 12.1 Å². The highest BCUT2D eigenvalue weighted by Gasteiger charge is 2.33. The molecule has 0 fully saturated rings. The van der Waals surface area contributed by atoms with Crippen LogP contribution in [0.2, 0.25) is 0 Å². The van der Waals surface area contributed by atoms with Gasteiger partial charge in [-0.05, 0) is 42.0 Å². The van der Waals surface area contributed by atoms with Crippen molar-refractivity contribution in [2.45, 2.75) is 13.1 Å². The number of ether oxygens (including phenoxy) is 2. The number of rotatable bonds is 5. The van der Waals surface area contributed by atoms with Crippen LogP contribution in [0.1, 0.15) is 21.7 Å². The average Bonchev–Trinajstić information content (AvgIpc) is 3.24. The number of carbonyl (C=O) groups is 2. The topological polar surface area (TPSA) is 95.7 Å². The molecule has 4 rings (SSSR count). The maximum Gasteiger partial charge on any atom is 0.354 e. The lowest BCUT2D eigenvalue weighted by molar-refractivity contribution is 0.0600. The molecule has 9 heteroatoms. The van der Waals surface area contributed by atoms with Crippen LogP contribution in [0.3, 0.4) is 0 Å². The predicted molar refractivity (Wildman–Crippen MR) is 103 cm³/mol. The summed E-state index contributed by atoms with van der Waals surface area (Å²) < 4.78 is 12.1. The van der Waals surface area contributed by atoms with Crippen LogP contribution in [-0.2, 0) is 17.8 Å². The molecule has 29 heavy (non-hydrogen) atoms. The van der Waals surface area contributed by atoms with Crippen molar-refractivity contribution in [2.75, 3.05) is 19.1 Å². The summed E-state index contributed by atoms with van der Waals surface area (Å²) in [4.78, 5) is 38.7. The van der Waals surface area contributed by atoms with Gasteiger partial charge in [0.15, 0.2) is 5.82 Å². The molecular formula is C20H18N4O5. The van der Waals surface area contributed by atoms with Crippen molar-refractivity contribution >= 4 is 17.7 Å². The second kappa shape index (κ2) is 7.27. The van der Waals surface area contributed by atoms with Crippen LogP contribution >= 0.6 is 0 Å². The van der Waals surface area contributed by atoms with E-state index in [-0.39, 0.29) is 13.1 Å². The van der Waals surface area contributed by atoms with Crippen LogP contribution in [0.15, 0.2) is 53.3 Å². The molecule has 2 aromatic carbocycles. The second-order valence-corrected chi connectivity index (χ2v) is 6.45. The summed E-state index contributed by atoms with van der Waals surface area (Å²) in [6.45, 7) is 0.328. The molecule has 9 nitrogen and oxygen atoms in total. The van der Waals surface area contributed by atoms with Gasteiger partial charge in [0.25, 0.3) is 0 Å². The summed E-state index contributed by atoms with van der Waals surface area (Å²) in [5, 5.41) is 4.30. The Morgan fingerprint density at radius 2 is 1.86 bits per heavy atom. The molecule has 1 amide bonds. The van der Waals surface area contributed by atoms with E-state index < -0.39 is 17.7 Å². The normalized spacial score (nSPS) is 12.8. The standard InChI is InChI=1S/C20H18N4O5/c1-28-16-8-6-15(7-9-16)22-12-17-21-23(20(27)24(17)19(22)26)11-13-4-3-5-14(10-13)18(25)29-2/h3-10H,11-12H2,1-2H3. The first-order chi connectivity index (χ1) is 14.0. The molecule has 0 atom stereocenters. The molecule has 1 aromatic heterocycles. The molecule has 0 radical (unpaired) electrons. The van der Waals surface area contributed by atoms with Gasteiger partial charge < -0.3 is 9.47 Å². The van der Waals surface area contributed by atoms with Crippen LogP contribution < -0.4 is 15.3 Å². The number of nitrogens with zero attached hydrogens (tertiary/aromatic N) is 4. The molecule has 2 heterocycles. The number of carbonyl (C=O) groups excluding carboxylic acids is 2. The van der Waals surface area contributed by atoms with Crippen molar-refractivity contribution in [2.24, 2.45) is 0 Å². The van der Waals surface area contributed by atoms with Crippen LogP contribution in [0.5, 0.6) is 5.75 Å². The van der Waals surface area contributed by atoms with Gasteiger partial charge >= 0.3 is 17.7 Å². The number of fused-ring (bicyclic) bond motifs is 1. The third-order valence-electron chi connectivity index (χ3n) is 4.69. The zero-order valence-electron chi connectivity index (χ0n) is 15.9. The van der Waals surface area contributed by atoms with E-state index in [4.69, 9.17) is 9.47 Å². The minimum absolute atomic E-state index is 0.138. The van der Waals surface area contributed by atoms with Gasteiger partial charge in [0, 0.05) is 5.69 Å². The first-order valence-corrected chi connectivity index (χ1v) is 8.83. The third-order valence-corrected chi connectivity index (χ3v) is 4.69. The largest absolute Gasteiger partial charge is 0.497 e. The van der Waals surface area contributed by atoms with E-state index in [2.05, 4.69) is 5.10 Å². The average molecular weight is 394 g/mol. The molecule has 0 saturated carbocycles. The Morgan fingerprint density at radius 3 is 2.52 bits per heavy atom. The van der Waals surface area contributed by atoms with Gasteiger partial charge in [0.1, 0.15) is 5.75 Å². The third kappa shape index (κ3) is 3.27. The Balaban J connectivity index is 1.58. The monoisotopic (exact) mass is 394 g/mol. The lowest BCUT2D eigenvalue weighted by Gasteiger charge is -2.15. The molecule has 1 aliphatic rings. The first-order valence-electron chi connectivity index (χ1n) is 8.83. The smallest absolute Gasteiger partial charge is 0.354 e. The quantitative estimate of drug-likeness (QED) is 0.613. The zero-order valence-corrected chi connectivity index (χ0v) is 15.9. The summed E-state index contributed by atoms with van der Waals surface area (Å²) in [7, 11) is 2.87. The number of aromatic nitrogens is 3. The molecule has 0 N–H and O–H groups in total. The molecule has 0 bridgehead atoms. The van der Waals surface area contributed by atoms with Crippen LogP contribution in [0.4, 0.5) is 10.5 Å². The number of methoxy groups -OCH3 is 2. The van der Waals surface area contributed by atoms with Crippen molar-refractivity contribution in [3.05, 3.63) is 76.0 Å². The van der Waals surface area contributed by atoms with E-state index in [0.29, 0.717) is 28.4 Å². The highest BCUT2D eigenvalue weighted by Crippen LogP contribution is 2.24. The number of anilines is 1. The molecular weight excluding hydrogens is 376 g/mol. The maximum absolute atomic E-state index is 12.8. The minimum Gasteiger partial charge on any atom is -0.497 e. The minimum atomic E-state index is -0.524. The summed E-state index contributed by atoms with van der Waals surface area (Å²) in [6.07, 6.45) is 0. The van der Waals surface area contributed by atoms with Gasteiger partial charge in [-0.2, -0.15) is 9.67 Å². The van der Waals surface area contributed by atoms with Crippen LogP contribution in [0.25, 0.3) is 0 Å². The molecule has 0 saturated heterocycles. The van der Waals surface area contributed by atoms with Gasteiger partial charge in [0.05, 0.1) is 32.9 Å². The Hall–Kier alpha value is -3.88. The van der Waals surface area contributed by atoms with Crippen LogP contribution in [0, 0.1) is 0 Å². The van der Waals surface area contributed by atoms with E-state index >= 15 is 0 Å². The fraction of sp³-hybridized carbons (Fsp3) is 0.200. The Kier molecular flexibility index (Phi) is 4.63. The van der Waals surface area contributed by atoms with E-state index in [1.807, 2.05) is 0 Å². The number of hydrogen-bond donors (Lipinski definition) is 0. The second-order valence-electron chi connectivity index (χ2n) is 6.45. The van der Waals surface area contributed by atoms with Crippen LogP contribution in [-0.4, -0.2) is 40.6 Å². The lowest BCUT2D eigenvalue weighted by Crippen LogP contribution is -2.35. The molecule has 148 valence electrons. The molecule has 0 spiro atoms. The fourth-order valence-corrected chi connectivity index (χ4v) is 3.23. The Morgan fingerprint density at radius 1 is 1.10 bits per heavy atom. The Labute approximate surface area is 165 Å².